The fourth-order valence-corrected chi connectivity index (χ4v) is 2.27. The minimum Gasteiger partial charge on any atom is -0.490 e. The lowest BCUT2D eigenvalue weighted by Gasteiger charge is -2.20. The molecule has 0 spiro atoms. The topological polar surface area (TPSA) is 38.7 Å². The molecule has 100 valence electrons. The number of aliphatic hydroxyl groups is 1. The van der Waals surface area contributed by atoms with Gasteiger partial charge >= 0.3 is 0 Å². The molecule has 0 aromatic heterocycles. The van der Waals surface area contributed by atoms with Gasteiger partial charge in [-0.25, -0.2) is 0 Å². The van der Waals surface area contributed by atoms with E-state index in [0.29, 0.717) is 19.1 Å². The Morgan fingerprint density at radius 1 is 1.06 bits per heavy atom. The lowest BCUT2D eigenvalue weighted by molar-refractivity contribution is 0.271. The maximum atomic E-state index is 9.38. The van der Waals surface area contributed by atoms with Crippen molar-refractivity contribution < 1.29 is 14.6 Å². The van der Waals surface area contributed by atoms with Crippen LogP contribution in [-0.4, -0.2) is 24.9 Å². The molecule has 0 bridgehead atoms. The molecule has 0 fully saturated rings. The zero-order chi connectivity index (χ0) is 13.1. The molecular formula is C15H22O3. The first-order chi connectivity index (χ1) is 8.63. The van der Waals surface area contributed by atoms with Gasteiger partial charge in [-0.15, -0.1) is 0 Å². The molecular weight excluding hydrogens is 228 g/mol. The summed E-state index contributed by atoms with van der Waals surface area (Å²) in [6, 6.07) is 4.11. The van der Waals surface area contributed by atoms with E-state index in [1.54, 1.807) is 0 Å². The quantitative estimate of drug-likeness (QED) is 0.896. The first kappa shape index (κ1) is 13.2. The summed E-state index contributed by atoms with van der Waals surface area (Å²) in [5.74, 6) is 2.18. The Balaban J connectivity index is 2.47. The van der Waals surface area contributed by atoms with Crippen molar-refractivity contribution in [3.8, 4) is 11.5 Å². The fourth-order valence-electron chi connectivity index (χ4n) is 2.27. The molecule has 1 N–H and O–H groups in total. The van der Waals surface area contributed by atoms with Crippen LogP contribution in [0.4, 0.5) is 0 Å². The normalized spacial score (nSPS) is 16.5. The fraction of sp³-hybridized carbons (Fsp3) is 0.600. The number of hydrogen-bond donors (Lipinski definition) is 1. The molecule has 1 aliphatic heterocycles. The van der Waals surface area contributed by atoms with Crippen LogP contribution in [0.3, 0.4) is 0 Å². The molecule has 0 saturated heterocycles. The number of hydrogen-bond acceptors (Lipinski definition) is 3. The summed E-state index contributed by atoms with van der Waals surface area (Å²) in [5.41, 5.74) is 2.40. The lowest BCUT2D eigenvalue weighted by Crippen LogP contribution is -2.06. The second-order valence-corrected chi connectivity index (χ2v) is 5.22. The molecule has 0 radical (unpaired) electrons. The van der Waals surface area contributed by atoms with Crippen molar-refractivity contribution >= 4 is 0 Å². The van der Waals surface area contributed by atoms with Crippen LogP contribution in [0.25, 0.3) is 0 Å². The third-order valence-corrected chi connectivity index (χ3v) is 3.38. The lowest BCUT2D eigenvalue weighted by atomic mass is 9.89. The molecule has 2 rings (SSSR count). The maximum absolute atomic E-state index is 9.38. The molecule has 0 saturated carbocycles. The Morgan fingerprint density at radius 3 is 2.11 bits per heavy atom. The number of ether oxygens (including phenoxy) is 2. The van der Waals surface area contributed by atoms with E-state index >= 15 is 0 Å². The first-order valence-corrected chi connectivity index (χ1v) is 6.67. The zero-order valence-electron chi connectivity index (χ0n) is 11.4. The van der Waals surface area contributed by atoms with E-state index in [-0.39, 0.29) is 12.5 Å². The van der Waals surface area contributed by atoms with E-state index in [4.69, 9.17) is 9.47 Å². The molecule has 1 unspecified atom stereocenters. The van der Waals surface area contributed by atoms with Crippen molar-refractivity contribution in [3.63, 3.8) is 0 Å². The maximum Gasteiger partial charge on any atom is 0.161 e. The minimum atomic E-state index is 0.125. The summed E-state index contributed by atoms with van der Waals surface area (Å²) >= 11 is 0. The van der Waals surface area contributed by atoms with E-state index in [0.717, 1.165) is 23.5 Å². The highest BCUT2D eigenvalue weighted by molar-refractivity contribution is 5.50. The van der Waals surface area contributed by atoms with Gasteiger partial charge in [-0.2, -0.15) is 0 Å². The molecule has 1 aromatic carbocycles. The highest BCUT2D eigenvalue weighted by Gasteiger charge is 2.19. The van der Waals surface area contributed by atoms with Crippen LogP contribution in [0, 0.1) is 0 Å². The van der Waals surface area contributed by atoms with Crippen molar-refractivity contribution in [2.24, 2.45) is 0 Å². The molecule has 0 aliphatic carbocycles. The third kappa shape index (κ3) is 2.61. The minimum absolute atomic E-state index is 0.125. The Labute approximate surface area is 109 Å². The summed E-state index contributed by atoms with van der Waals surface area (Å²) in [4.78, 5) is 0. The summed E-state index contributed by atoms with van der Waals surface area (Å²) in [5, 5.41) is 9.38. The first-order valence-electron chi connectivity index (χ1n) is 6.67. The Hall–Kier alpha value is -1.22. The van der Waals surface area contributed by atoms with Crippen molar-refractivity contribution in [1.29, 1.82) is 0 Å². The summed E-state index contributed by atoms with van der Waals surface area (Å²) in [6.07, 6.45) is 0.913. The molecule has 1 heterocycles. The number of aliphatic hydroxyl groups excluding tert-OH is 1. The van der Waals surface area contributed by atoms with Gasteiger partial charge in [-0.1, -0.05) is 20.8 Å². The van der Waals surface area contributed by atoms with Crippen LogP contribution in [0.1, 0.15) is 50.2 Å². The van der Waals surface area contributed by atoms with Crippen LogP contribution in [0.5, 0.6) is 11.5 Å². The molecule has 3 heteroatoms. The number of benzene rings is 1. The largest absolute Gasteiger partial charge is 0.490 e. The van der Waals surface area contributed by atoms with E-state index in [2.05, 4.69) is 19.9 Å². The Morgan fingerprint density at radius 2 is 1.61 bits per heavy atom. The highest BCUT2D eigenvalue weighted by atomic mass is 16.5. The second-order valence-electron chi connectivity index (χ2n) is 5.22. The average molecular weight is 250 g/mol. The van der Waals surface area contributed by atoms with Crippen LogP contribution in [0.15, 0.2) is 12.1 Å². The van der Waals surface area contributed by atoms with E-state index in [1.165, 1.54) is 5.56 Å². The van der Waals surface area contributed by atoms with Gasteiger partial charge in [0.1, 0.15) is 0 Å². The number of fused-ring (bicyclic) bond motifs is 1. The zero-order valence-corrected chi connectivity index (χ0v) is 11.4. The van der Waals surface area contributed by atoms with Crippen LogP contribution < -0.4 is 9.47 Å². The van der Waals surface area contributed by atoms with Gasteiger partial charge in [0.15, 0.2) is 11.5 Å². The third-order valence-electron chi connectivity index (χ3n) is 3.38. The van der Waals surface area contributed by atoms with Crippen molar-refractivity contribution in [2.75, 3.05) is 19.8 Å². The highest BCUT2D eigenvalue weighted by Crippen LogP contribution is 2.38. The predicted octanol–water partition coefficient (Wildman–Crippen LogP) is 3.07. The monoisotopic (exact) mass is 250 g/mol. The van der Waals surface area contributed by atoms with Gasteiger partial charge in [-0.05, 0) is 29.2 Å². The van der Waals surface area contributed by atoms with Gasteiger partial charge < -0.3 is 14.6 Å². The molecule has 1 aromatic rings. The van der Waals surface area contributed by atoms with Gasteiger partial charge in [0, 0.05) is 18.9 Å². The number of rotatable bonds is 3. The molecule has 1 atom stereocenters. The molecule has 3 nitrogen and oxygen atoms in total. The molecule has 0 amide bonds. The van der Waals surface area contributed by atoms with Crippen molar-refractivity contribution in [2.45, 2.75) is 39.0 Å². The van der Waals surface area contributed by atoms with Crippen molar-refractivity contribution in [3.05, 3.63) is 23.3 Å². The van der Waals surface area contributed by atoms with E-state index in [1.807, 2.05) is 13.0 Å². The van der Waals surface area contributed by atoms with Gasteiger partial charge in [0.2, 0.25) is 0 Å². The standard InChI is InChI=1S/C15H22O3/c1-10(2)12-7-14-15(18-6-4-5-17-14)8-13(12)11(3)9-16/h7-8,10-11,16H,4-6,9H2,1-3H3. The van der Waals surface area contributed by atoms with Crippen molar-refractivity contribution in [1.82, 2.24) is 0 Å². The average Bonchev–Trinajstić information content (AvgIpc) is 2.60. The van der Waals surface area contributed by atoms with E-state index < -0.39 is 0 Å². The smallest absolute Gasteiger partial charge is 0.161 e. The van der Waals surface area contributed by atoms with Gasteiger partial charge in [0.05, 0.1) is 13.2 Å². The Kier molecular flexibility index (Phi) is 4.12. The van der Waals surface area contributed by atoms with Gasteiger partial charge in [0.25, 0.3) is 0 Å². The van der Waals surface area contributed by atoms with Gasteiger partial charge in [-0.3, -0.25) is 0 Å². The van der Waals surface area contributed by atoms with Crippen LogP contribution >= 0.6 is 0 Å². The summed E-state index contributed by atoms with van der Waals surface area (Å²) in [7, 11) is 0. The second kappa shape index (κ2) is 5.61. The molecule has 18 heavy (non-hydrogen) atoms. The predicted molar refractivity (Wildman–Crippen MR) is 71.6 cm³/mol. The SMILES string of the molecule is CC(C)c1cc2c(cc1C(C)CO)OCCCO2. The molecule has 1 aliphatic rings. The van der Waals surface area contributed by atoms with Crippen LogP contribution in [-0.2, 0) is 0 Å². The van der Waals surface area contributed by atoms with Crippen LogP contribution in [0.2, 0.25) is 0 Å². The van der Waals surface area contributed by atoms with E-state index in [9.17, 15) is 5.11 Å². The Bertz CT molecular complexity index is 412. The summed E-state index contributed by atoms with van der Waals surface area (Å²) < 4.78 is 11.4. The summed E-state index contributed by atoms with van der Waals surface area (Å²) in [6.45, 7) is 7.91.